The number of fused-ring (bicyclic) bond motifs is 3. The molecule has 0 aliphatic heterocycles. The first-order valence-corrected chi connectivity index (χ1v) is 15.6. The molecule has 5 aliphatic rings. The average Bonchev–Trinajstić information content (AvgIpc) is 3.74. The van der Waals surface area contributed by atoms with E-state index in [1.165, 1.54) is 17.4 Å². The number of amides is 1. The number of primary amides is 1. The summed E-state index contributed by atoms with van der Waals surface area (Å²) in [5, 5.41) is 45.2. The van der Waals surface area contributed by atoms with Crippen molar-refractivity contribution in [2.45, 2.75) is 76.5 Å². The number of aromatic hydroxyl groups is 1. The van der Waals surface area contributed by atoms with Crippen LogP contribution >= 0.6 is 0 Å². The SMILES string of the molecule is CCC1(CN(Cc2cc(O)c3c(c2F)C[C@H]2C[C@H]4[C@H](N(C)C)C(O)=C(C(N)=O)C(=O)[C@@]4(O)C(O)=C2C3=O)CC2CC2)CCC1. The topological polar surface area (TPSA) is 165 Å². The Bertz CT molecular complexity index is 1500. The number of aliphatic hydroxyl groups is 3. The molecular formula is C33H42FN3O7. The lowest BCUT2D eigenvalue weighted by atomic mass is 9.58. The molecule has 6 rings (SSSR count). The van der Waals surface area contributed by atoms with E-state index in [2.05, 4.69) is 11.8 Å². The average molecular weight is 612 g/mol. The summed E-state index contributed by atoms with van der Waals surface area (Å²) in [6.07, 6.45) is 6.69. The first-order chi connectivity index (χ1) is 20.7. The van der Waals surface area contributed by atoms with Crippen molar-refractivity contribution in [1.82, 2.24) is 9.80 Å². The van der Waals surface area contributed by atoms with Gasteiger partial charge in [-0.15, -0.1) is 0 Å². The van der Waals surface area contributed by atoms with E-state index < -0.39 is 69.6 Å². The second kappa shape index (κ2) is 10.7. The standard InChI is InChI=1S/C33H42FN3O7/c1-4-32(8-5-9-32)15-37(13-16-6-7-16)14-18-12-21(38)23-19(25(18)34)10-17-11-20-26(36(2)3)28(40)24(31(35)43)30(42)33(20,44)29(41)22(17)27(23)39/h12,16-17,20,26,38,40-41,44H,4-11,13-15H2,1-3H3,(H2,35,43)/t17-,20-,26-,33-/m0/s1. The lowest BCUT2D eigenvalue weighted by molar-refractivity contribution is -0.148. The van der Waals surface area contributed by atoms with E-state index in [9.17, 15) is 34.8 Å². The van der Waals surface area contributed by atoms with E-state index in [0.717, 1.165) is 45.2 Å². The summed E-state index contributed by atoms with van der Waals surface area (Å²) in [6, 6.07) is 0.182. The van der Waals surface area contributed by atoms with Gasteiger partial charge in [0.05, 0.1) is 11.6 Å². The highest BCUT2D eigenvalue weighted by molar-refractivity contribution is 6.24. The van der Waals surface area contributed by atoms with Gasteiger partial charge in [0.1, 0.15) is 28.7 Å². The number of Topliss-reactive ketones (excluding diaryl/α,β-unsaturated/α-hetero) is 2. The monoisotopic (exact) mass is 611 g/mol. The molecule has 4 atom stereocenters. The van der Waals surface area contributed by atoms with Crippen LogP contribution in [-0.4, -0.2) is 86.5 Å². The molecule has 1 aromatic rings. The summed E-state index contributed by atoms with van der Waals surface area (Å²) in [5.74, 6) is -7.45. The van der Waals surface area contributed by atoms with Crippen LogP contribution in [0.4, 0.5) is 4.39 Å². The molecule has 0 saturated heterocycles. The van der Waals surface area contributed by atoms with Crippen molar-refractivity contribution in [3.05, 3.63) is 51.2 Å². The third kappa shape index (κ3) is 4.58. The Balaban J connectivity index is 1.39. The maximum Gasteiger partial charge on any atom is 0.255 e. The summed E-state index contributed by atoms with van der Waals surface area (Å²) in [7, 11) is 3.13. The van der Waals surface area contributed by atoms with Crippen LogP contribution in [0, 0.1) is 29.0 Å². The summed E-state index contributed by atoms with van der Waals surface area (Å²) in [6.45, 7) is 4.20. The highest BCUT2D eigenvalue weighted by Crippen LogP contribution is 2.53. The third-order valence-corrected chi connectivity index (χ3v) is 11.1. The van der Waals surface area contributed by atoms with E-state index in [1.807, 2.05) is 0 Å². The fraction of sp³-hybridized carbons (Fsp3) is 0.606. The van der Waals surface area contributed by atoms with Crippen LogP contribution in [0.5, 0.6) is 5.75 Å². The minimum absolute atomic E-state index is 0.0401. The largest absolute Gasteiger partial charge is 0.510 e. The number of phenols is 1. The molecular weight excluding hydrogens is 569 g/mol. The van der Waals surface area contributed by atoms with Gasteiger partial charge in [-0.05, 0) is 82.4 Å². The van der Waals surface area contributed by atoms with Crippen molar-refractivity contribution in [1.29, 1.82) is 0 Å². The number of hydrogen-bond donors (Lipinski definition) is 5. The Kier molecular flexibility index (Phi) is 7.45. The minimum Gasteiger partial charge on any atom is -0.510 e. The smallest absolute Gasteiger partial charge is 0.255 e. The van der Waals surface area contributed by atoms with Crippen LogP contribution in [-0.2, 0) is 22.6 Å². The summed E-state index contributed by atoms with van der Waals surface area (Å²) in [4.78, 5) is 43.2. The van der Waals surface area contributed by atoms with Crippen molar-refractivity contribution >= 4 is 17.5 Å². The lowest BCUT2D eigenvalue weighted by Crippen LogP contribution is -2.63. The number of benzene rings is 1. The van der Waals surface area contributed by atoms with E-state index in [-0.39, 0.29) is 35.0 Å². The zero-order valence-corrected chi connectivity index (χ0v) is 25.5. The Hall–Kier alpha value is -3.28. The first kappa shape index (κ1) is 30.7. The fourth-order valence-corrected chi connectivity index (χ4v) is 8.33. The molecule has 238 valence electrons. The lowest BCUT2D eigenvalue weighted by Gasteiger charge is -2.50. The number of hydrogen-bond acceptors (Lipinski definition) is 9. The van der Waals surface area contributed by atoms with Gasteiger partial charge in [0.2, 0.25) is 5.78 Å². The number of rotatable bonds is 9. The number of phenolic OH excluding ortho intramolecular Hbond substituents is 1. The quantitative estimate of drug-likeness (QED) is 0.264. The second-order valence-corrected chi connectivity index (χ2v) is 14.0. The van der Waals surface area contributed by atoms with Gasteiger partial charge in [-0.1, -0.05) is 13.3 Å². The Morgan fingerprint density at radius 1 is 1.16 bits per heavy atom. The van der Waals surface area contributed by atoms with Gasteiger partial charge in [-0.25, -0.2) is 4.39 Å². The molecule has 44 heavy (non-hydrogen) atoms. The van der Waals surface area contributed by atoms with Gasteiger partial charge in [0.25, 0.3) is 5.91 Å². The van der Waals surface area contributed by atoms with Crippen LogP contribution in [0.2, 0.25) is 0 Å². The molecule has 0 aromatic heterocycles. The molecule has 2 saturated carbocycles. The molecule has 0 radical (unpaired) electrons. The molecule has 0 spiro atoms. The molecule has 2 fully saturated rings. The number of carbonyl (C=O) groups is 3. The summed E-state index contributed by atoms with van der Waals surface area (Å²) >= 11 is 0. The maximum atomic E-state index is 16.4. The van der Waals surface area contributed by atoms with Gasteiger partial charge < -0.3 is 26.2 Å². The van der Waals surface area contributed by atoms with Crippen LogP contribution in [0.15, 0.2) is 28.7 Å². The van der Waals surface area contributed by atoms with Crippen molar-refractivity contribution < 1.29 is 39.2 Å². The molecule has 5 aliphatic carbocycles. The molecule has 0 bridgehead atoms. The van der Waals surface area contributed by atoms with Gasteiger partial charge in [-0.2, -0.15) is 0 Å². The van der Waals surface area contributed by atoms with Crippen molar-refractivity contribution in [3.8, 4) is 5.75 Å². The van der Waals surface area contributed by atoms with Gasteiger partial charge in [0.15, 0.2) is 11.4 Å². The Labute approximate surface area is 256 Å². The normalized spacial score (nSPS) is 29.5. The maximum absolute atomic E-state index is 16.4. The second-order valence-electron chi connectivity index (χ2n) is 14.0. The number of halogens is 1. The number of nitrogens with two attached hydrogens (primary N) is 1. The molecule has 11 heteroatoms. The van der Waals surface area contributed by atoms with Crippen molar-refractivity contribution in [2.75, 3.05) is 27.2 Å². The van der Waals surface area contributed by atoms with Gasteiger partial charge in [0, 0.05) is 42.3 Å². The van der Waals surface area contributed by atoms with E-state index in [0.29, 0.717) is 18.0 Å². The number of ketones is 2. The Morgan fingerprint density at radius 3 is 2.39 bits per heavy atom. The van der Waals surface area contributed by atoms with Gasteiger partial charge >= 0.3 is 0 Å². The first-order valence-electron chi connectivity index (χ1n) is 15.6. The molecule has 10 nitrogen and oxygen atoms in total. The predicted octanol–water partition coefficient (Wildman–Crippen LogP) is 3.05. The Morgan fingerprint density at radius 2 is 1.84 bits per heavy atom. The van der Waals surface area contributed by atoms with Crippen LogP contribution in [0.3, 0.4) is 0 Å². The predicted molar refractivity (Wildman–Crippen MR) is 158 cm³/mol. The summed E-state index contributed by atoms with van der Waals surface area (Å²) < 4.78 is 16.4. The highest BCUT2D eigenvalue weighted by atomic mass is 19.1. The van der Waals surface area contributed by atoms with Crippen LogP contribution in [0.25, 0.3) is 0 Å². The molecule has 0 heterocycles. The minimum atomic E-state index is -2.72. The number of carbonyl (C=O) groups excluding carboxylic acids is 3. The number of aliphatic hydroxyl groups excluding tert-OH is 2. The summed E-state index contributed by atoms with van der Waals surface area (Å²) in [5.41, 5.74) is 1.76. The molecule has 6 N–H and O–H groups in total. The van der Waals surface area contributed by atoms with Crippen LogP contribution < -0.4 is 5.73 Å². The highest BCUT2D eigenvalue weighted by Gasteiger charge is 2.63. The van der Waals surface area contributed by atoms with Crippen LogP contribution in [0.1, 0.15) is 73.4 Å². The van der Waals surface area contributed by atoms with E-state index in [1.54, 1.807) is 14.1 Å². The van der Waals surface area contributed by atoms with Crippen molar-refractivity contribution in [2.24, 2.45) is 28.9 Å². The number of allylic oxidation sites excluding steroid dienone is 1. The number of likely N-dealkylation sites (N-methyl/N-ethyl adjacent to an activating group) is 1. The molecule has 1 aromatic carbocycles. The fourth-order valence-electron chi connectivity index (χ4n) is 8.33. The van der Waals surface area contributed by atoms with Gasteiger partial charge in [-0.3, -0.25) is 24.2 Å². The zero-order chi connectivity index (χ0) is 31.9. The number of nitrogens with zero attached hydrogens (tertiary/aromatic N) is 2. The zero-order valence-electron chi connectivity index (χ0n) is 25.5. The van der Waals surface area contributed by atoms with E-state index in [4.69, 9.17) is 5.73 Å². The molecule has 1 amide bonds. The van der Waals surface area contributed by atoms with Crippen molar-refractivity contribution in [3.63, 3.8) is 0 Å². The molecule has 0 unspecified atom stereocenters. The van der Waals surface area contributed by atoms with E-state index >= 15 is 4.39 Å². The third-order valence-electron chi connectivity index (χ3n) is 11.1.